The van der Waals surface area contributed by atoms with E-state index in [1.165, 1.54) is 0 Å². The number of aromatic nitrogens is 1. The molecule has 1 aromatic carbocycles. The minimum absolute atomic E-state index is 0.104. The fourth-order valence-corrected chi connectivity index (χ4v) is 3.38. The zero-order chi connectivity index (χ0) is 21.0. The van der Waals surface area contributed by atoms with Crippen molar-refractivity contribution in [1.29, 1.82) is 5.26 Å². The van der Waals surface area contributed by atoms with E-state index in [-0.39, 0.29) is 18.5 Å². The van der Waals surface area contributed by atoms with Gasteiger partial charge in [-0.3, -0.25) is 4.79 Å². The number of rotatable bonds is 7. The third-order valence-electron chi connectivity index (χ3n) is 5.15. The van der Waals surface area contributed by atoms with E-state index in [4.69, 9.17) is 16.0 Å². The number of nitrogens with one attached hydrogen (secondary N) is 1. The summed E-state index contributed by atoms with van der Waals surface area (Å²) in [6.45, 7) is 6.53. The van der Waals surface area contributed by atoms with Crippen molar-refractivity contribution in [3.63, 3.8) is 0 Å². The maximum atomic E-state index is 12.6. The summed E-state index contributed by atoms with van der Waals surface area (Å²) in [4.78, 5) is 12.6. The van der Waals surface area contributed by atoms with Crippen LogP contribution in [0.3, 0.4) is 0 Å². The van der Waals surface area contributed by atoms with Gasteiger partial charge in [-0.05, 0) is 50.6 Å². The van der Waals surface area contributed by atoms with Gasteiger partial charge in [0.25, 0.3) is 5.91 Å². The minimum Gasteiger partial charge on any atom is -0.467 e. The first kappa shape index (κ1) is 20.7. The molecular weight excluding hydrogens is 388 g/mol. The van der Waals surface area contributed by atoms with Crippen LogP contribution in [0, 0.1) is 25.2 Å². The molecule has 3 rings (SSSR count). The van der Waals surface area contributed by atoms with Gasteiger partial charge in [-0.1, -0.05) is 23.7 Å². The van der Waals surface area contributed by atoms with Crippen LogP contribution in [-0.2, 0) is 11.3 Å². The van der Waals surface area contributed by atoms with Crippen molar-refractivity contribution >= 4 is 23.3 Å². The lowest BCUT2D eigenvalue weighted by atomic mass is 10.1. The molecule has 2 heterocycles. The average molecular weight is 412 g/mol. The molecule has 3 aromatic rings. The van der Waals surface area contributed by atoms with Gasteiger partial charge in [0.15, 0.2) is 6.54 Å². The Morgan fingerprint density at radius 1 is 1.31 bits per heavy atom. The Labute approximate surface area is 175 Å². The fraction of sp³-hybridized carbons (Fsp3) is 0.273. The van der Waals surface area contributed by atoms with Gasteiger partial charge in [-0.15, -0.1) is 0 Å². The highest BCUT2D eigenvalue weighted by molar-refractivity contribution is 6.30. The van der Waals surface area contributed by atoms with E-state index in [0.717, 1.165) is 22.6 Å². The van der Waals surface area contributed by atoms with Crippen LogP contribution in [0.4, 0.5) is 5.82 Å². The summed E-state index contributed by atoms with van der Waals surface area (Å²) < 4.78 is 7.35. The van der Waals surface area contributed by atoms with Crippen LogP contribution in [0.5, 0.6) is 0 Å². The van der Waals surface area contributed by atoms with E-state index in [2.05, 4.69) is 11.4 Å². The zero-order valence-electron chi connectivity index (χ0n) is 16.7. The highest BCUT2D eigenvalue weighted by Gasteiger charge is 2.21. The maximum Gasteiger partial charge on any atom is 0.280 e. The van der Waals surface area contributed by atoms with Crippen LogP contribution >= 0.6 is 11.6 Å². The molecule has 6 nitrogen and oxygen atoms in total. The molecule has 0 aliphatic carbocycles. The summed E-state index contributed by atoms with van der Waals surface area (Å²) in [6, 6.07) is 13.6. The smallest absolute Gasteiger partial charge is 0.280 e. The first-order chi connectivity index (χ1) is 13.9. The van der Waals surface area contributed by atoms with Gasteiger partial charge in [-0.2, -0.15) is 5.26 Å². The number of carbonyl (C=O) groups excluding carboxylic acids is 1. The van der Waals surface area contributed by atoms with Crippen LogP contribution in [0.1, 0.15) is 41.1 Å². The lowest BCUT2D eigenvalue weighted by Crippen LogP contribution is -2.86. The summed E-state index contributed by atoms with van der Waals surface area (Å²) in [5.41, 5.74) is 3.35. The van der Waals surface area contributed by atoms with Crippen LogP contribution in [-0.4, -0.2) is 17.0 Å². The first-order valence-corrected chi connectivity index (χ1v) is 9.79. The summed E-state index contributed by atoms with van der Waals surface area (Å²) in [5.74, 6) is 1.10. The molecule has 7 heteroatoms. The Morgan fingerprint density at radius 3 is 2.66 bits per heavy atom. The highest BCUT2D eigenvalue weighted by Crippen LogP contribution is 2.27. The highest BCUT2D eigenvalue weighted by atomic mass is 35.5. The van der Waals surface area contributed by atoms with Crippen molar-refractivity contribution in [2.75, 3.05) is 11.9 Å². The van der Waals surface area contributed by atoms with E-state index in [1.54, 1.807) is 6.26 Å². The summed E-state index contributed by atoms with van der Waals surface area (Å²) in [5, 5.41) is 15.2. The number of amides is 1. The molecule has 0 aliphatic rings. The molecule has 0 bridgehead atoms. The van der Waals surface area contributed by atoms with E-state index >= 15 is 0 Å². The second-order valence-corrected chi connectivity index (χ2v) is 7.48. The van der Waals surface area contributed by atoms with Crippen molar-refractivity contribution in [2.45, 2.75) is 33.4 Å². The summed E-state index contributed by atoms with van der Waals surface area (Å²) in [7, 11) is 0. The van der Waals surface area contributed by atoms with Gasteiger partial charge in [0.05, 0.1) is 18.4 Å². The number of halogens is 1. The number of hydrogen-bond donors (Lipinski definition) is 2. The summed E-state index contributed by atoms with van der Waals surface area (Å²) in [6.07, 6.45) is 1.61. The Hall–Kier alpha value is -3.01. The molecular formula is C22H24ClN4O2+. The van der Waals surface area contributed by atoms with Gasteiger partial charge >= 0.3 is 0 Å². The first-order valence-electron chi connectivity index (χ1n) is 9.41. The Kier molecular flexibility index (Phi) is 6.42. The van der Waals surface area contributed by atoms with Gasteiger partial charge in [0.1, 0.15) is 23.7 Å². The second kappa shape index (κ2) is 8.99. The number of benzene rings is 1. The van der Waals surface area contributed by atoms with Crippen LogP contribution in [0.15, 0.2) is 47.1 Å². The second-order valence-electron chi connectivity index (χ2n) is 7.04. The molecule has 2 aromatic heterocycles. The molecule has 0 spiro atoms. The van der Waals surface area contributed by atoms with E-state index in [1.807, 2.05) is 67.1 Å². The quantitative estimate of drug-likeness (QED) is 0.623. The predicted octanol–water partition coefficient (Wildman–Crippen LogP) is 3.53. The molecule has 0 radical (unpaired) electrons. The number of nitrogens with two attached hydrogens (primary N) is 1. The van der Waals surface area contributed by atoms with Crippen molar-refractivity contribution in [1.82, 2.24) is 4.57 Å². The molecule has 1 amide bonds. The van der Waals surface area contributed by atoms with E-state index in [9.17, 15) is 10.1 Å². The molecule has 1 atom stereocenters. The average Bonchev–Trinajstić information content (AvgIpc) is 3.30. The van der Waals surface area contributed by atoms with Gasteiger partial charge in [0, 0.05) is 16.3 Å². The lowest BCUT2D eigenvalue weighted by molar-refractivity contribution is -0.682. The van der Waals surface area contributed by atoms with Gasteiger partial charge in [-0.25, -0.2) is 0 Å². The Bertz CT molecular complexity index is 1030. The minimum atomic E-state index is -0.166. The molecule has 0 saturated carbocycles. The molecule has 0 aliphatic heterocycles. The van der Waals surface area contributed by atoms with Crippen molar-refractivity contribution in [3.05, 3.63) is 75.8 Å². The van der Waals surface area contributed by atoms with E-state index in [0.29, 0.717) is 22.9 Å². The molecule has 150 valence electrons. The fourth-order valence-electron chi connectivity index (χ4n) is 3.26. The molecule has 3 N–H and O–H groups in total. The van der Waals surface area contributed by atoms with Crippen molar-refractivity contribution in [2.24, 2.45) is 0 Å². The number of hydrogen-bond acceptors (Lipinski definition) is 3. The van der Waals surface area contributed by atoms with Gasteiger partial charge < -0.3 is 19.6 Å². The van der Waals surface area contributed by atoms with Crippen LogP contribution in [0.2, 0.25) is 5.02 Å². The number of nitrogens with zero attached hydrogens (tertiary/aromatic N) is 2. The van der Waals surface area contributed by atoms with Gasteiger partial charge in [0.2, 0.25) is 0 Å². The summed E-state index contributed by atoms with van der Waals surface area (Å²) >= 11 is 5.93. The third-order valence-corrected chi connectivity index (χ3v) is 5.40. The third kappa shape index (κ3) is 4.70. The standard InChI is InChI=1S/C22H23ClN4O2/c1-14-16(3)27(13-19-5-4-10-29-19)22(20(14)11-24)26-21(28)12-25-15(2)17-6-8-18(23)9-7-17/h4-10,15,25H,12-13H2,1-3H3,(H,26,28)/p+1/t15-/m1/s1. The van der Waals surface area contributed by atoms with Crippen molar-refractivity contribution in [3.8, 4) is 6.07 Å². The zero-order valence-corrected chi connectivity index (χ0v) is 17.5. The predicted molar refractivity (Wildman–Crippen MR) is 112 cm³/mol. The molecule has 0 unspecified atom stereocenters. The number of carbonyl (C=O) groups is 1. The topological polar surface area (TPSA) is 87.6 Å². The van der Waals surface area contributed by atoms with Crippen LogP contribution < -0.4 is 10.6 Å². The number of anilines is 1. The monoisotopic (exact) mass is 411 g/mol. The van der Waals surface area contributed by atoms with Crippen LogP contribution in [0.25, 0.3) is 0 Å². The molecule has 0 saturated heterocycles. The van der Waals surface area contributed by atoms with Crippen molar-refractivity contribution < 1.29 is 14.5 Å². The lowest BCUT2D eigenvalue weighted by Gasteiger charge is -2.13. The van der Waals surface area contributed by atoms with E-state index < -0.39 is 0 Å². The number of nitriles is 1. The number of quaternary nitrogens is 1. The normalized spacial score (nSPS) is 11.8. The molecule has 29 heavy (non-hydrogen) atoms. The Balaban J connectivity index is 1.73. The maximum absolute atomic E-state index is 12.6. The Morgan fingerprint density at radius 2 is 2.03 bits per heavy atom. The number of furan rings is 1. The largest absolute Gasteiger partial charge is 0.467 e. The SMILES string of the molecule is Cc1c(C#N)c(NC(=O)C[NH2+][C@H](C)c2ccc(Cl)cc2)n(Cc2ccco2)c1C. The molecule has 0 fully saturated rings.